The third kappa shape index (κ3) is 4.24. The maximum Gasteiger partial charge on any atom is 0.338 e. The number of aromatic nitrogens is 2. The molecule has 156 valence electrons. The minimum atomic E-state index is -0.513. The van der Waals surface area contributed by atoms with E-state index in [0.717, 1.165) is 15.8 Å². The number of amides is 1. The normalized spacial score (nSPS) is 11.6. The van der Waals surface area contributed by atoms with E-state index < -0.39 is 11.9 Å². The van der Waals surface area contributed by atoms with Crippen LogP contribution in [-0.2, 0) is 11.3 Å². The molecule has 31 heavy (non-hydrogen) atoms. The topological polar surface area (TPSA) is 86.7 Å². The van der Waals surface area contributed by atoms with Gasteiger partial charge in [0.05, 0.1) is 22.4 Å². The molecule has 0 saturated carbocycles. The molecule has 0 aliphatic carbocycles. The summed E-state index contributed by atoms with van der Waals surface area (Å²) < 4.78 is 13.0. The van der Waals surface area contributed by atoms with Crippen LogP contribution in [0, 0.1) is 0 Å². The first-order chi connectivity index (χ1) is 15.1. The molecule has 2 aromatic carbocycles. The minimum absolute atomic E-state index is 0.119. The Bertz CT molecular complexity index is 1330. The summed E-state index contributed by atoms with van der Waals surface area (Å²) in [6.07, 6.45) is 1.72. The molecule has 0 unspecified atom stereocenters. The van der Waals surface area contributed by atoms with E-state index in [9.17, 15) is 9.59 Å². The number of rotatable bonds is 6. The minimum Gasteiger partial charge on any atom is -0.462 e. The molecule has 8 heteroatoms. The fourth-order valence-electron chi connectivity index (χ4n) is 3.06. The number of thiazole rings is 1. The molecule has 0 spiro atoms. The number of esters is 1. The van der Waals surface area contributed by atoms with Gasteiger partial charge >= 0.3 is 11.9 Å². The van der Waals surface area contributed by atoms with Crippen LogP contribution < -0.4 is 4.80 Å². The number of fused-ring (bicyclic) bond motifs is 1. The second-order valence-electron chi connectivity index (χ2n) is 6.55. The van der Waals surface area contributed by atoms with E-state index in [1.165, 1.54) is 11.3 Å². The molecule has 0 atom stereocenters. The maximum absolute atomic E-state index is 12.8. The van der Waals surface area contributed by atoms with Crippen LogP contribution >= 0.6 is 11.3 Å². The largest absolute Gasteiger partial charge is 0.462 e. The van der Waals surface area contributed by atoms with Gasteiger partial charge in [-0.25, -0.2) is 4.79 Å². The van der Waals surface area contributed by atoms with E-state index in [2.05, 4.69) is 16.7 Å². The molecule has 0 radical (unpaired) electrons. The van der Waals surface area contributed by atoms with E-state index in [0.29, 0.717) is 29.3 Å². The molecule has 0 N–H and O–H groups in total. The first-order valence-electron chi connectivity index (χ1n) is 9.63. The van der Waals surface area contributed by atoms with Gasteiger partial charge in [0.25, 0.3) is 0 Å². The van der Waals surface area contributed by atoms with Gasteiger partial charge in [0.1, 0.15) is 0 Å². The molecule has 0 bridgehead atoms. The average Bonchev–Trinajstić information content (AvgIpc) is 3.40. The number of allylic oxidation sites excluding steroid dienone is 1. The summed E-state index contributed by atoms with van der Waals surface area (Å²) in [7, 11) is 0. The second-order valence-corrected chi connectivity index (χ2v) is 7.56. The smallest absolute Gasteiger partial charge is 0.338 e. The monoisotopic (exact) mass is 433 g/mol. The molecule has 1 amide bonds. The highest BCUT2D eigenvalue weighted by atomic mass is 32.1. The van der Waals surface area contributed by atoms with Gasteiger partial charge in [-0.3, -0.25) is 4.79 Å². The Morgan fingerprint density at radius 1 is 1.23 bits per heavy atom. The Morgan fingerprint density at radius 2 is 2.03 bits per heavy atom. The third-order valence-corrected chi connectivity index (χ3v) is 5.53. The zero-order valence-electron chi connectivity index (χ0n) is 16.8. The number of hydrogen-bond acceptors (Lipinski definition) is 6. The van der Waals surface area contributed by atoms with E-state index in [4.69, 9.17) is 9.26 Å². The highest BCUT2D eigenvalue weighted by Crippen LogP contribution is 2.22. The Labute approximate surface area is 181 Å². The highest BCUT2D eigenvalue weighted by molar-refractivity contribution is 7.16. The lowest BCUT2D eigenvalue weighted by molar-refractivity contribution is 0.0526. The van der Waals surface area contributed by atoms with E-state index in [-0.39, 0.29) is 5.69 Å². The number of carbonyl (C=O) groups excluding carboxylic acids is 2. The number of nitrogens with zero attached hydrogens (tertiary/aromatic N) is 3. The van der Waals surface area contributed by atoms with Crippen molar-refractivity contribution in [3.8, 4) is 11.3 Å². The molecule has 0 aliphatic rings. The van der Waals surface area contributed by atoms with Crippen LogP contribution in [0.3, 0.4) is 0 Å². The van der Waals surface area contributed by atoms with Gasteiger partial charge in [-0.15, -0.1) is 6.58 Å². The van der Waals surface area contributed by atoms with Crippen molar-refractivity contribution in [2.75, 3.05) is 6.61 Å². The standard InChI is InChI=1S/C23H19N3O4S/c1-3-12-26-18-11-10-16(22(28)29-4-2)13-20(18)31-23(26)24-21(27)17-14-19(30-25-17)15-8-6-5-7-9-15/h3,5-11,13-14H,1,4,12H2,2H3. The van der Waals surface area contributed by atoms with Crippen LogP contribution in [0.4, 0.5) is 0 Å². The quantitative estimate of drug-likeness (QED) is 0.331. The SMILES string of the molecule is C=CCn1c(=NC(=O)c2cc(-c3ccccc3)on2)sc2cc(C(=O)OCC)ccc21. The molecule has 0 fully saturated rings. The summed E-state index contributed by atoms with van der Waals surface area (Å²) in [5, 5.41) is 3.87. The summed E-state index contributed by atoms with van der Waals surface area (Å²) in [4.78, 5) is 29.5. The van der Waals surface area contributed by atoms with Gasteiger partial charge in [0.15, 0.2) is 16.3 Å². The summed E-state index contributed by atoms with van der Waals surface area (Å²) in [5.74, 6) is -0.409. The van der Waals surface area contributed by atoms with Gasteiger partial charge in [-0.2, -0.15) is 4.99 Å². The summed E-state index contributed by atoms with van der Waals surface area (Å²) in [5.41, 5.74) is 2.23. The number of ether oxygens (including phenoxy) is 1. The summed E-state index contributed by atoms with van der Waals surface area (Å²) >= 11 is 1.30. The molecule has 2 heterocycles. The first-order valence-corrected chi connectivity index (χ1v) is 10.4. The van der Waals surface area contributed by atoms with Gasteiger partial charge in [-0.1, -0.05) is 52.9 Å². The molecule has 0 aliphatic heterocycles. The van der Waals surface area contributed by atoms with E-state index >= 15 is 0 Å². The molecule has 0 saturated heterocycles. The second kappa shape index (κ2) is 8.93. The predicted molar refractivity (Wildman–Crippen MR) is 118 cm³/mol. The Morgan fingerprint density at radius 3 is 2.77 bits per heavy atom. The lowest BCUT2D eigenvalue weighted by atomic mass is 10.1. The first kappa shape index (κ1) is 20.5. The fourth-order valence-corrected chi connectivity index (χ4v) is 4.14. The van der Waals surface area contributed by atoms with Crippen molar-refractivity contribution in [3.05, 3.63) is 83.3 Å². The van der Waals surface area contributed by atoms with Crippen molar-refractivity contribution in [1.82, 2.24) is 9.72 Å². The molecule has 4 rings (SSSR count). The van der Waals surface area contributed by atoms with Gasteiger partial charge < -0.3 is 13.8 Å². The van der Waals surface area contributed by atoms with Crippen LogP contribution in [0.15, 0.2) is 76.8 Å². The van der Waals surface area contributed by atoms with Crippen LogP contribution in [0.1, 0.15) is 27.8 Å². The maximum atomic E-state index is 12.8. The molecule has 2 aromatic heterocycles. The predicted octanol–water partition coefficient (Wildman–Crippen LogP) is 4.46. The van der Waals surface area contributed by atoms with Crippen molar-refractivity contribution < 1.29 is 18.8 Å². The van der Waals surface area contributed by atoms with Crippen LogP contribution in [-0.4, -0.2) is 28.2 Å². The van der Waals surface area contributed by atoms with Crippen molar-refractivity contribution in [3.63, 3.8) is 0 Å². The van der Waals surface area contributed by atoms with E-state index in [1.807, 2.05) is 41.0 Å². The highest BCUT2D eigenvalue weighted by Gasteiger charge is 2.15. The van der Waals surface area contributed by atoms with Crippen LogP contribution in [0.5, 0.6) is 0 Å². The molecular weight excluding hydrogens is 414 g/mol. The number of hydrogen-bond donors (Lipinski definition) is 0. The van der Waals surface area contributed by atoms with Gasteiger partial charge in [0.2, 0.25) is 0 Å². The third-order valence-electron chi connectivity index (χ3n) is 4.49. The van der Waals surface area contributed by atoms with Gasteiger partial charge in [0, 0.05) is 18.2 Å². The number of benzene rings is 2. The lowest BCUT2D eigenvalue weighted by Gasteiger charge is -2.03. The fraction of sp³-hybridized carbons (Fsp3) is 0.130. The molecule has 4 aromatic rings. The Kier molecular flexibility index (Phi) is 5.90. The van der Waals surface area contributed by atoms with Crippen molar-refractivity contribution in [1.29, 1.82) is 0 Å². The number of carbonyl (C=O) groups is 2. The van der Waals surface area contributed by atoms with Crippen molar-refractivity contribution in [2.24, 2.45) is 4.99 Å². The van der Waals surface area contributed by atoms with Crippen LogP contribution in [0.2, 0.25) is 0 Å². The van der Waals surface area contributed by atoms with Crippen LogP contribution in [0.25, 0.3) is 21.5 Å². The zero-order chi connectivity index (χ0) is 21.8. The average molecular weight is 433 g/mol. The molecular formula is C23H19N3O4S. The van der Waals surface area contributed by atoms with Gasteiger partial charge in [-0.05, 0) is 25.1 Å². The van der Waals surface area contributed by atoms with Crippen molar-refractivity contribution in [2.45, 2.75) is 13.5 Å². The Hall–Kier alpha value is -3.78. The summed E-state index contributed by atoms with van der Waals surface area (Å²) in [6, 6.07) is 16.2. The zero-order valence-corrected chi connectivity index (χ0v) is 17.6. The lowest BCUT2D eigenvalue weighted by Crippen LogP contribution is -2.16. The summed E-state index contributed by atoms with van der Waals surface area (Å²) in [6.45, 7) is 6.30. The Balaban J connectivity index is 1.73. The van der Waals surface area contributed by atoms with E-state index in [1.54, 1.807) is 31.2 Å². The molecule has 7 nitrogen and oxygen atoms in total. The van der Waals surface area contributed by atoms with Crippen molar-refractivity contribution >= 4 is 33.4 Å².